The first-order chi connectivity index (χ1) is 8.95. The van der Waals surface area contributed by atoms with Crippen molar-refractivity contribution in [2.75, 3.05) is 0 Å². The Bertz CT molecular complexity index is 605. The monoisotopic (exact) mass is 421 g/mol. The number of hydrogen-bond acceptors (Lipinski definition) is 1. The first kappa shape index (κ1) is 14.1. The average Bonchev–Trinajstić information content (AvgIpc) is 2.48. The molecule has 1 aromatic heterocycles. The first-order valence-electron chi connectivity index (χ1n) is 6.05. The van der Waals surface area contributed by atoms with Crippen molar-refractivity contribution in [3.05, 3.63) is 50.2 Å². The molecule has 0 spiro atoms. The molecule has 1 nitrogen and oxygen atoms in total. The van der Waals surface area contributed by atoms with Crippen LogP contribution in [0.3, 0.4) is 0 Å². The SMILES string of the molecule is ClC1=CC2=C(Cc3ncc(Br)cc3CC2)C(Cl)(Br)C1. The molecule has 0 saturated heterocycles. The van der Waals surface area contributed by atoms with Crippen molar-refractivity contribution in [1.29, 1.82) is 0 Å². The number of aryl methyl sites for hydroxylation is 1. The van der Waals surface area contributed by atoms with Crippen molar-refractivity contribution in [3.8, 4) is 0 Å². The molecule has 2 aliphatic carbocycles. The zero-order valence-electron chi connectivity index (χ0n) is 10.0. The van der Waals surface area contributed by atoms with E-state index in [9.17, 15) is 0 Å². The summed E-state index contributed by atoms with van der Waals surface area (Å²) in [6.07, 6.45) is 7.26. The van der Waals surface area contributed by atoms with Crippen LogP contribution in [0.2, 0.25) is 0 Å². The van der Waals surface area contributed by atoms with Crippen LogP contribution in [0.15, 0.2) is 39.0 Å². The number of nitrogens with zero attached hydrogens (tertiary/aromatic N) is 1. The number of allylic oxidation sites excluding steroid dienone is 4. The maximum absolute atomic E-state index is 6.61. The molecule has 0 aromatic carbocycles. The van der Waals surface area contributed by atoms with Crippen molar-refractivity contribution in [3.63, 3.8) is 0 Å². The Hall–Kier alpha value is 0.170. The van der Waals surface area contributed by atoms with Gasteiger partial charge in [0.05, 0.1) is 0 Å². The van der Waals surface area contributed by atoms with Gasteiger partial charge in [0.15, 0.2) is 0 Å². The van der Waals surface area contributed by atoms with E-state index in [-0.39, 0.29) is 0 Å². The third-order valence-electron chi connectivity index (χ3n) is 3.59. The lowest BCUT2D eigenvalue weighted by molar-refractivity contribution is 0.833. The minimum Gasteiger partial charge on any atom is -0.260 e. The largest absolute Gasteiger partial charge is 0.260 e. The van der Waals surface area contributed by atoms with Crippen LogP contribution in [-0.2, 0) is 12.8 Å². The topological polar surface area (TPSA) is 12.9 Å². The summed E-state index contributed by atoms with van der Waals surface area (Å²) in [5, 5.41) is 0.811. The molecule has 5 heteroatoms. The van der Waals surface area contributed by atoms with E-state index in [2.05, 4.69) is 49.0 Å². The van der Waals surface area contributed by atoms with E-state index >= 15 is 0 Å². The average molecular weight is 424 g/mol. The molecular weight excluding hydrogens is 413 g/mol. The number of aromatic nitrogens is 1. The van der Waals surface area contributed by atoms with Gasteiger partial charge in [-0.15, -0.1) is 11.6 Å². The molecular formula is C14H11Br2Cl2N. The third kappa shape index (κ3) is 2.80. The van der Waals surface area contributed by atoms with E-state index in [0.717, 1.165) is 34.5 Å². The van der Waals surface area contributed by atoms with Gasteiger partial charge in [-0.25, -0.2) is 0 Å². The standard InChI is InChI=1S/C14H11Br2Cl2N/c15-10-3-9-2-1-8-4-11(17)6-14(16,18)12(8)5-13(9)19-7-10/h3-4,7H,1-2,5-6H2. The first-order valence-corrected chi connectivity index (χ1v) is 8.39. The lowest BCUT2D eigenvalue weighted by Gasteiger charge is -2.29. The zero-order chi connectivity index (χ0) is 13.6. The summed E-state index contributed by atoms with van der Waals surface area (Å²) in [5.74, 6) is 0. The quantitative estimate of drug-likeness (QED) is 0.503. The van der Waals surface area contributed by atoms with Crippen LogP contribution in [0.4, 0.5) is 0 Å². The van der Waals surface area contributed by atoms with Crippen molar-refractivity contribution >= 4 is 55.1 Å². The summed E-state index contributed by atoms with van der Waals surface area (Å²) in [5.41, 5.74) is 4.85. The summed E-state index contributed by atoms with van der Waals surface area (Å²) in [6.45, 7) is 0. The number of alkyl halides is 2. The molecule has 1 atom stereocenters. The molecule has 3 rings (SSSR count). The fraction of sp³-hybridized carbons (Fsp3) is 0.357. The van der Waals surface area contributed by atoms with Gasteiger partial charge >= 0.3 is 0 Å². The van der Waals surface area contributed by atoms with Crippen molar-refractivity contribution in [1.82, 2.24) is 4.98 Å². The van der Waals surface area contributed by atoms with E-state index < -0.39 is 3.78 Å². The molecule has 1 aromatic rings. The van der Waals surface area contributed by atoms with Crippen LogP contribution in [0.5, 0.6) is 0 Å². The highest BCUT2D eigenvalue weighted by atomic mass is 79.9. The lowest BCUT2D eigenvalue weighted by atomic mass is 9.93. The Morgan fingerprint density at radius 2 is 2.11 bits per heavy atom. The normalized spacial score (nSPS) is 26.4. The van der Waals surface area contributed by atoms with Crippen LogP contribution in [0.1, 0.15) is 24.1 Å². The highest BCUT2D eigenvalue weighted by molar-refractivity contribution is 9.10. The third-order valence-corrected chi connectivity index (χ3v) is 5.38. The molecule has 100 valence electrons. The molecule has 0 saturated carbocycles. The second-order valence-corrected chi connectivity index (χ2v) is 8.77. The number of halogens is 4. The molecule has 2 aliphatic rings. The summed E-state index contributed by atoms with van der Waals surface area (Å²) in [4.78, 5) is 4.54. The van der Waals surface area contributed by atoms with Gasteiger partial charge < -0.3 is 0 Å². The Morgan fingerprint density at radius 1 is 1.32 bits per heavy atom. The van der Waals surface area contributed by atoms with Gasteiger partial charge in [0.25, 0.3) is 0 Å². The zero-order valence-corrected chi connectivity index (χ0v) is 14.7. The predicted molar refractivity (Wildman–Crippen MR) is 87.1 cm³/mol. The fourth-order valence-corrected chi connectivity index (χ4v) is 4.64. The van der Waals surface area contributed by atoms with Gasteiger partial charge in [-0.1, -0.05) is 27.5 Å². The highest BCUT2D eigenvalue weighted by Crippen LogP contribution is 2.47. The summed E-state index contributed by atoms with van der Waals surface area (Å²) in [7, 11) is 0. The smallest absolute Gasteiger partial charge is 0.126 e. The molecule has 1 heterocycles. The molecule has 19 heavy (non-hydrogen) atoms. The van der Waals surface area contributed by atoms with Gasteiger partial charge in [0.1, 0.15) is 3.78 Å². The predicted octanol–water partition coefficient (Wildman–Crippen LogP) is 5.49. The molecule has 0 fully saturated rings. The second-order valence-electron chi connectivity index (χ2n) is 4.91. The van der Waals surface area contributed by atoms with E-state index in [1.54, 1.807) is 0 Å². The molecule has 0 N–H and O–H groups in total. The fourth-order valence-electron chi connectivity index (χ4n) is 2.67. The molecule has 1 unspecified atom stereocenters. The maximum atomic E-state index is 6.61. The Balaban J connectivity index is 2.07. The minimum absolute atomic E-state index is 0.565. The number of fused-ring (bicyclic) bond motifs is 1. The van der Waals surface area contributed by atoms with Crippen molar-refractivity contribution in [2.45, 2.75) is 29.5 Å². The van der Waals surface area contributed by atoms with E-state index in [0.29, 0.717) is 6.42 Å². The van der Waals surface area contributed by atoms with Crippen molar-refractivity contribution < 1.29 is 0 Å². The van der Waals surface area contributed by atoms with Crippen LogP contribution < -0.4 is 0 Å². The van der Waals surface area contributed by atoms with Crippen LogP contribution >= 0.6 is 55.1 Å². The second kappa shape index (κ2) is 5.18. The molecule has 0 amide bonds. The molecule has 0 aliphatic heterocycles. The molecule has 0 radical (unpaired) electrons. The number of hydrogen-bond donors (Lipinski definition) is 0. The Labute approximate surface area is 139 Å². The Kier molecular flexibility index (Phi) is 3.85. The highest BCUT2D eigenvalue weighted by Gasteiger charge is 2.36. The Morgan fingerprint density at radius 3 is 2.89 bits per heavy atom. The lowest BCUT2D eigenvalue weighted by Crippen LogP contribution is -2.22. The maximum Gasteiger partial charge on any atom is 0.126 e. The van der Waals surface area contributed by atoms with Crippen LogP contribution in [0, 0.1) is 0 Å². The van der Waals surface area contributed by atoms with Crippen LogP contribution in [-0.4, -0.2) is 8.77 Å². The number of pyridine rings is 1. The van der Waals surface area contributed by atoms with Gasteiger partial charge in [-0.3, -0.25) is 4.98 Å². The number of rotatable bonds is 0. The van der Waals surface area contributed by atoms with Gasteiger partial charge in [-0.05, 0) is 57.6 Å². The van der Waals surface area contributed by atoms with E-state index in [1.165, 1.54) is 16.7 Å². The van der Waals surface area contributed by atoms with Gasteiger partial charge in [-0.2, -0.15) is 0 Å². The minimum atomic E-state index is -0.565. The van der Waals surface area contributed by atoms with Gasteiger partial charge in [0.2, 0.25) is 0 Å². The summed E-state index contributed by atoms with van der Waals surface area (Å²) in [6, 6.07) is 2.15. The molecule has 0 bridgehead atoms. The van der Waals surface area contributed by atoms with Gasteiger partial charge in [0, 0.05) is 34.2 Å². The van der Waals surface area contributed by atoms with E-state index in [4.69, 9.17) is 23.2 Å². The van der Waals surface area contributed by atoms with Crippen LogP contribution in [0.25, 0.3) is 0 Å². The van der Waals surface area contributed by atoms with Crippen molar-refractivity contribution in [2.24, 2.45) is 0 Å². The summed E-state index contributed by atoms with van der Waals surface area (Å²) < 4.78 is 0.459. The van der Waals surface area contributed by atoms with E-state index in [1.807, 2.05) is 6.20 Å². The summed E-state index contributed by atoms with van der Waals surface area (Å²) >= 11 is 19.9.